The third-order valence-electron chi connectivity index (χ3n) is 11.0. The minimum Gasteiger partial charge on any atom is -0.344 e. The average Bonchev–Trinajstić information content (AvgIpc) is 3.52. The minimum absolute atomic E-state index is 0.00586. The molecular weight excluding hydrogens is 852 g/mol. The van der Waals surface area contributed by atoms with Crippen molar-refractivity contribution in [2.24, 2.45) is 25.0 Å². The fourth-order valence-corrected chi connectivity index (χ4v) is 9.27. The number of carbonyl (C=O) groups is 1. The first kappa shape index (κ1) is 40.4. The van der Waals surface area contributed by atoms with E-state index in [-0.39, 0.29) is 58.4 Å². The maximum absolute atomic E-state index is 15.5. The molecule has 0 unspecified atom stereocenters. The van der Waals surface area contributed by atoms with Crippen LogP contribution in [0.2, 0.25) is 5.02 Å². The van der Waals surface area contributed by atoms with Crippen LogP contribution in [0.1, 0.15) is 52.5 Å². The molecule has 3 aliphatic rings. The number of alkyl halides is 4. The number of hydrogen-bond donors (Lipinski definition) is 2. The van der Waals surface area contributed by atoms with Crippen LogP contribution in [-0.4, -0.2) is 66.8 Å². The Kier molecular flexibility index (Phi) is 9.49. The number of anilines is 2. The van der Waals surface area contributed by atoms with Gasteiger partial charge in [0.25, 0.3) is 12.3 Å². The summed E-state index contributed by atoms with van der Waals surface area (Å²) in [7, 11) is -0.541. The Balaban J connectivity index is 1.20. The van der Waals surface area contributed by atoms with Crippen LogP contribution < -0.4 is 14.9 Å². The van der Waals surface area contributed by atoms with E-state index < -0.39 is 75.7 Å². The number of rotatable bonds is 11. The molecule has 1 aliphatic heterocycles. The first-order chi connectivity index (χ1) is 28.8. The molecular formula is C39H34ClF6N11O3S. The van der Waals surface area contributed by atoms with E-state index in [0.29, 0.717) is 38.9 Å². The Morgan fingerprint density at radius 3 is 2.43 bits per heavy atom. The second kappa shape index (κ2) is 14.3. The molecule has 3 atom stereocenters. The molecule has 5 heterocycles. The second-order valence-corrected chi connectivity index (χ2v) is 17.6. The van der Waals surface area contributed by atoms with Crippen molar-refractivity contribution in [2.45, 2.75) is 57.2 Å². The number of benzene rings is 2. The van der Waals surface area contributed by atoms with Gasteiger partial charge in [0.05, 0.1) is 57.5 Å². The Morgan fingerprint density at radius 2 is 1.75 bits per heavy atom. The summed E-state index contributed by atoms with van der Waals surface area (Å²) in [6, 6.07) is 9.97. The lowest BCUT2D eigenvalue weighted by molar-refractivity contribution is -0.122. The maximum atomic E-state index is 15.5. The third-order valence-corrected chi connectivity index (χ3v) is 11.9. The summed E-state index contributed by atoms with van der Waals surface area (Å²) in [6.07, 6.45) is -2.52. The fraction of sp³-hybridized carbons (Fsp3) is 0.333. The average molecular weight is 886 g/mol. The van der Waals surface area contributed by atoms with Crippen LogP contribution in [0.5, 0.6) is 0 Å². The topological polar surface area (TPSA) is 157 Å². The molecule has 14 nitrogen and oxygen atoms in total. The van der Waals surface area contributed by atoms with E-state index >= 15 is 8.78 Å². The summed E-state index contributed by atoms with van der Waals surface area (Å²) in [4.78, 5) is 25.6. The summed E-state index contributed by atoms with van der Waals surface area (Å²) in [5.41, 5.74) is 1.39. The molecule has 1 saturated carbocycles. The van der Waals surface area contributed by atoms with Crippen LogP contribution >= 0.6 is 11.6 Å². The Labute approximate surface area is 348 Å². The van der Waals surface area contributed by atoms with E-state index in [0.717, 1.165) is 24.1 Å². The molecule has 1 amide bonds. The molecule has 2 N–H and O–H groups in total. The lowest BCUT2D eigenvalue weighted by Crippen LogP contribution is -2.51. The number of amides is 1. The van der Waals surface area contributed by atoms with Crippen LogP contribution in [0.3, 0.4) is 0 Å². The predicted octanol–water partition coefficient (Wildman–Crippen LogP) is 6.80. The zero-order chi connectivity index (χ0) is 43.4. The highest BCUT2D eigenvalue weighted by atomic mass is 35.5. The molecule has 2 aromatic carbocycles. The summed E-state index contributed by atoms with van der Waals surface area (Å²) in [5.74, 6) is -8.09. The molecule has 1 fully saturated rings. The normalized spacial score (nSPS) is 18.2. The quantitative estimate of drug-likeness (QED) is 0.135. The van der Waals surface area contributed by atoms with Crippen molar-refractivity contribution >= 4 is 61.6 Å². The number of sulfonamides is 1. The molecule has 6 aromatic rings. The van der Waals surface area contributed by atoms with E-state index in [1.165, 1.54) is 10.7 Å². The van der Waals surface area contributed by atoms with E-state index in [9.17, 15) is 30.8 Å². The van der Waals surface area contributed by atoms with Gasteiger partial charge in [-0.1, -0.05) is 17.7 Å². The molecule has 318 valence electrons. The number of aromatic nitrogens is 7. The van der Waals surface area contributed by atoms with E-state index in [4.69, 9.17) is 21.6 Å². The fourth-order valence-electron chi connectivity index (χ4n) is 8.53. The van der Waals surface area contributed by atoms with Gasteiger partial charge in [-0.15, -0.1) is 0 Å². The number of nitrogens with one attached hydrogen (secondary N) is 2. The number of aliphatic imine (C=N–C) groups is 1. The van der Waals surface area contributed by atoms with Crippen molar-refractivity contribution in [3.05, 3.63) is 99.0 Å². The van der Waals surface area contributed by atoms with Crippen LogP contribution in [0.25, 0.3) is 22.3 Å². The van der Waals surface area contributed by atoms with Gasteiger partial charge in [-0.2, -0.15) is 24.1 Å². The number of carbonyl (C=O) groups excluding carboxylic acids is 1. The molecule has 2 aliphatic carbocycles. The van der Waals surface area contributed by atoms with Crippen LogP contribution in [0, 0.1) is 24.5 Å². The predicted molar refractivity (Wildman–Crippen MR) is 213 cm³/mol. The first-order valence-corrected chi connectivity index (χ1v) is 21.1. The van der Waals surface area contributed by atoms with Gasteiger partial charge in [-0.05, 0) is 61.2 Å². The first-order valence-electron chi connectivity index (χ1n) is 18.8. The van der Waals surface area contributed by atoms with E-state index in [1.807, 2.05) is 13.0 Å². The van der Waals surface area contributed by atoms with Gasteiger partial charge in [0.1, 0.15) is 35.4 Å². The lowest BCUT2D eigenvalue weighted by Gasteiger charge is -2.35. The Morgan fingerprint density at radius 1 is 1.02 bits per heavy atom. The number of amidine groups is 1. The van der Waals surface area contributed by atoms with Gasteiger partial charge < -0.3 is 10.2 Å². The van der Waals surface area contributed by atoms with Crippen molar-refractivity contribution < 1.29 is 39.6 Å². The van der Waals surface area contributed by atoms with Crippen molar-refractivity contribution in [3.63, 3.8) is 0 Å². The number of hydrogen-bond acceptors (Lipinski definition) is 9. The second-order valence-electron chi connectivity index (χ2n) is 15.4. The number of fused-ring (bicyclic) bond motifs is 5. The molecule has 22 heteroatoms. The Bertz CT molecular complexity index is 2950. The number of nitrogens with zero attached hydrogens (tertiary/aromatic N) is 9. The summed E-state index contributed by atoms with van der Waals surface area (Å²) in [6.45, 7) is 0.917. The molecule has 0 bridgehead atoms. The van der Waals surface area contributed by atoms with Crippen LogP contribution in [-0.2, 0) is 54.3 Å². The standard InChI is InChI=1S/C39H34ClF6N11O3S/c1-17-9-28(54(2)50-17)25-7-5-19-15-56(27-8-6-24(40)31-33(27)55(3)52-37(31)53-61(4,59)60)38(49-36(19)48-25)26(12-18-10-20(41)13-21(42)11-18)47-29(58)16-57-34-30(32(51-57)35(43)44)22-14-23(22)39(34,45)46/h5-11,13,22-23,26,35H,12,14-16H2,1-4H3,(H,47,58)(H,52,53)/t22-,23+,26-/m0/s1. The molecule has 61 heavy (non-hydrogen) atoms. The summed E-state index contributed by atoms with van der Waals surface area (Å²) < 4.78 is 120. The zero-order valence-electron chi connectivity index (χ0n) is 32.6. The van der Waals surface area contributed by atoms with Gasteiger partial charge in [-0.25, -0.2) is 36.0 Å². The highest BCUT2D eigenvalue weighted by molar-refractivity contribution is 7.92. The van der Waals surface area contributed by atoms with E-state index in [2.05, 4.69) is 25.3 Å². The molecule has 4 aromatic heterocycles. The number of halogens is 7. The van der Waals surface area contributed by atoms with Crippen molar-refractivity contribution in [3.8, 4) is 11.4 Å². The summed E-state index contributed by atoms with van der Waals surface area (Å²) in [5, 5.41) is 15.7. The van der Waals surface area contributed by atoms with Gasteiger partial charge in [0.2, 0.25) is 15.9 Å². The maximum Gasteiger partial charge on any atom is 0.293 e. The lowest BCUT2D eigenvalue weighted by atomic mass is 10.0. The van der Waals surface area contributed by atoms with E-state index in [1.54, 1.807) is 41.9 Å². The molecule has 0 spiro atoms. The van der Waals surface area contributed by atoms with Crippen LogP contribution in [0.15, 0.2) is 53.5 Å². The smallest absolute Gasteiger partial charge is 0.293 e. The van der Waals surface area contributed by atoms with Crippen molar-refractivity contribution in [1.82, 2.24) is 39.6 Å². The minimum atomic E-state index is -3.84. The zero-order valence-corrected chi connectivity index (χ0v) is 34.1. The molecule has 0 saturated heterocycles. The Hall–Kier alpha value is -5.96. The number of pyridine rings is 1. The highest BCUT2D eigenvalue weighted by Crippen LogP contribution is 2.68. The van der Waals surface area contributed by atoms with Gasteiger partial charge in [0, 0.05) is 43.6 Å². The number of aryl methyl sites for hydroxylation is 3. The monoisotopic (exact) mass is 885 g/mol. The SMILES string of the molecule is Cc1cc(-c2ccc3c(n2)N=C([C@H](Cc2cc(F)cc(F)c2)NC(=O)Cn2nc(C(F)F)c4c2C(F)(F)[C@@H]2C[C@H]42)N(c2ccc(Cl)c4c(NS(C)(=O)=O)nn(C)c24)C3)n(C)n1. The largest absolute Gasteiger partial charge is 0.344 e. The van der Waals surface area contributed by atoms with Crippen molar-refractivity contribution in [1.29, 1.82) is 0 Å². The molecule has 0 radical (unpaired) electrons. The van der Waals surface area contributed by atoms with Gasteiger partial charge in [0.15, 0.2) is 11.6 Å². The summed E-state index contributed by atoms with van der Waals surface area (Å²) >= 11 is 6.67. The third kappa shape index (κ3) is 7.15. The van der Waals surface area contributed by atoms with Crippen LogP contribution in [0.4, 0.5) is 43.7 Å². The van der Waals surface area contributed by atoms with Gasteiger partial charge >= 0.3 is 0 Å². The highest BCUT2D eigenvalue weighted by Gasteiger charge is 2.67. The molecule has 9 rings (SSSR count). The van der Waals surface area contributed by atoms with Gasteiger partial charge in [-0.3, -0.25) is 23.6 Å². The van der Waals surface area contributed by atoms with Crippen molar-refractivity contribution in [2.75, 3.05) is 15.9 Å².